The van der Waals surface area contributed by atoms with Crippen molar-refractivity contribution in [3.63, 3.8) is 0 Å². The summed E-state index contributed by atoms with van der Waals surface area (Å²) >= 11 is 0. The fourth-order valence-corrected chi connectivity index (χ4v) is 2.76. The third-order valence-electron chi connectivity index (χ3n) is 4.19. The van der Waals surface area contributed by atoms with Crippen molar-refractivity contribution in [2.24, 2.45) is 0 Å². The Bertz CT molecular complexity index is 859. The van der Waals surface area contributed by atoms with Crippen LogP contribution in [0.3, 0.4) is 0 Å². The van der Waals surface area contributed by atoms with E-state index in [1.807, 2.05) is 6.92 Å². The normalized spacial score (nSPS) is 11.7. The van der Waals surface area contributed by atoms with E-state index in [1.165, 1.54) is 19.2 Å². The molecular formula is C21H23NO5. The number of carboxylic acid groups (broad SMARTS) is 1. The number of aromatic carboxylic acids is 1. The van der Waals surface area contributed by atoms with E-state index >= 15 is 0 Å². The van der Waals surface area contributed by atoms with Crippen molar-refractivity contribution >= 4 is 23.3 Å². The molecule has 0 aromatic heterocycles. The molecule has 0 aliphatic rings. The molecule has 2 N–H and O–H groups in total. The molecule has 0 spiro atoms. The predicted octanol–water partition coefficient (Wildman–Crippen LogP) is 3.94. The lowest BCUT2D eigenvalue weighted by atomic mass is 10.0. The first-order valence-electron chi connectivity index (χ1n) is 8.69. The van der Waals surface area contributed by atoms with Crippen LogP contribution in [-0.2, 0) is 4.74 Å². The first-order valence-corrected chi connectivity index (χ1v) is 8.69. The van der Waals surface area contributed by atoms with Crippen LogP contribution in [0, 0.1) is 6.92 Å². The number of benzene rings is 2. The Morgan fingerprint density at radius 2 is 1.81 bits per heavy atom. The molecule has 0 fully saturated rings. The number of ketones is 1. The van der Waals surface area contributed by atoms with Gasteiger partial charge in [0.2, 0.25) is 0 Å². The SMILES string of the molecule is CCCC(OC)C(=O)c1cccc(C(=O)Nc2ccc(C)cc2C(=O)O)c1. The number of rotatable bonds is 8. The van der Waals surface area contributed by atoms with E-state index < -0.39 is 18.0 Å². The lowest BCUT2D eigenvalue weighted by Crippen LogP contribution is -2.23. The largest absolute Gasteiger partial charge is 0.478 e. The van der Waals surface area contributed by atoms with Gasteiger partial charge < -0.3 is 15.2 Å². The summed E-state index contributed by atoms with van der Waals surface area (Å²) in [6, 6.07) is 11.1. The van der Waals surface area contributed by atoms with Crippen molar-refractivity contribution in [3.8, 4) is 0 Å². The smallest absolute Gasteiger partial charge is 0.337 e. The highest BCUT2D eigenvalue weighted by atomic mass is 16.5. The molecule has 142 valence electrons. The highest BCUT2D eigenvalue weighted by Gasteiger charge is 2.20. The van der Waals surface area contributed by atoms with E-state index in [0.717, 1.165) is 12.0 Å². The fraction of sp³-hybridized carbons (Fsp3) is 0.286. The molecule has 6 heteroatoms. The minimum Gasteiger partial charge on any atom is -0.478 e. The Balaban J connectivity index is 2.26. The van der Waals surface area contributed by atoms with Crippen LogP contribution in [0.25, 0.3) is 0 Å². The number of anilines is 1. The Kier molecular flexibility index (Phi) is 6.85. The predicted molar refractivity (Wildman–Crippen MR) is 103 cm³/mol. The van der Waals surface area contributed by atoms with Crippen molar-refractivity contribution in [1.82, 2.24) is 0 Å². The second-order valence-electron chi connectivity index (χ2n) is 6.27. The van der Waals surface area contributed by atoms with Gasteiger partial charge in [-0.05, 0) is 37.6 Å². The molecule has 6 nitrogen and oxygen atoms in total. The van der Waals surface area contributed by atoms with Gasteiger partial charge >= 0.3 is 5.97 Å². The van der Waals surface area contributed by atoms with Crippen LogP contribution in [0.4, 0.5) is 5.69 Å². The van der Waals surface area contributed by atoms with E-state index in [4.69, 9.17) is 4.74 Å². The quantitative estimate of drug-likeness (QED) is 0.688. The van der Waals surface area contributed by atoms with E-state index in [9.17, 15) is 19.5 Å². The summed E-state index contributed by atoms with van der Waals surface area (Å²) in [5.41, 5.74) is 1.64. The molecule has 1 atom stereocenters. The minimum absolute atomic E-state index is 0.0120. The molecule has 1 unspecified atom stereocenters. The van der Waals surface area contributed by atoms with Gasteiger partial charge in [-0.25, -0.2) is 4.79 Å². The number of carboxylic acids is 1. The van der Waals surface area contributed by atoms with Crippen molar-refractivity contribution in [2.45, 2.75) is 32.8 Å². The molecule has 0 saturated carbocycles. The molecule has 0 radical (unpaired) electrons. The number of methoxy groups -OCH3 is 1. The summed E-state index contributed by atoms with van der Waals surface area (Å²) in [5.74, 6) is -1.79. The van der Waals surface area contributed by atoms with Gasteiger partial charge in [0, 0.05) is 18.2 Å². The molecule has 0 saturated heterocycles. The van der Waals surface area contributed by atoms with Crippen LogP contribution in [0.5, 0.6) is 0 Å². The molecule has 2 aromatic rings. The number of hydrogen-bond acceptors (Lipinski definition) is 4. The Morgan fingerprint density at radius 1 is 1.11 bits per heavy atom. The Labute approximate surface area is 158 Å². The number of aryl methyl sites for hydroxylation is 1. The van der Waals surface area contributed by atoms with Crippen LogP contribution < -0.4 is 5.32 Å². The molecule has 0 bridgehead atoms. The molecule has 0 heterocycles. The molecule has 0 aliphatic heterocycles. The maximum Gasteiger partial charge on any atom is 0.337 e. The van der Waals surface area contributed by atoms with Gasteiger partial charge in [-0.15, -0.1) is 0 Å². The summed E-state index contributed by atoms with van der Waals surface area (Å²) in [6.07, 6.45) is 0.844. The highest BCUT2D eigenvalue weighted by molar-refractivity contribution is 6.09. The standard InChI is InChI=1S/C21H23NO5/c1-4-6-18(27-3)19(23)14-7-5-8-15(12-14)20(24)22-17-10-9-13(2)11-16(17)21(25)26/h5,7-12,18H,4,6H2,1-3H3,(H,22,24)(H,25,26). The first-order chi connectivity index (χ1) is 12.9. The third kappa shape index (κ3) is 5.01. The summed E-state index contributed by atoms with van der Waals surface area (Å²) in [7, 11) is 1.49. The maximum absolute atomic E-state index is 12.6. The van der Waals surface area contributed by atoms with E-state index in [2.05, 4.69) is 5.32 Å². The number of carbonyl (C=O) groups excluding carboxylic acids is 2. The van der Waals surface area contributed by atoms with Crippen molar-refractivity contribution in [2.75, 3.05) is 12.4 Å². The van der Waals surface area contributed by atoms with Crippen molar-refractivity contribution < 1.29 is 24.2 Å². The highest BCUT2D eigenvalue weighted by Crippen LogP contribution is 2.19. The van der Waals surface area contributed by atoms with Gasteiger partial charge in [0.25, 0.3) is 5.91 Å². The number of ether oxygens (including phenoxy) is 1. The van der Waals surface area contributed by atoms with E-state index in [0.29, 0.717) is 12.0 Å². The number of hydrogen-bond donors (Lipinski definition) is 2. The average Bonchev–Trinajstić information content (AvgIpc) is 2.66. The van der Waals surface area contributed by atoms with Crippen LogP contribution in [0.15, 0.2) is 42.5 Å². The van der Waals surface area contributed by atoms with Crippen molar-refractivity contribution in [3.05, 3.63) is 64.7 Å². The van der Waals surface area contributed by atoms with Gasteiger partial charge in [0.1, 0.15) is 6.10 Å². The topological polar surface area (TPSA) is 92.7 Å². The van der Waals surface area contributed by atoms with Crippen LogP contribution in [-0.4, -0.2) is 36.0 Å². The zero-order chi connectivity index (χ0) is 20.0. The number of carbonyl (C=O) groups is 3. The van der Waals surface area contributed by atoms with Crippen molar-refractivity contribution in [1.29, 1.82) is 0 Å². The molecule has 2 rings (SSSR count). The van der Waals surface area contributed by atoms with E-state index in [1.54, 1.807) is 37.3 Å². The average molecular weight is 369 g/mol. The van der Waals surface area contributed by atoms with E-state index in [-0.39, 0.29) is 22.6 Å². The summed E-state index contributed by atoms with van der Waals surface area (Å²) < 4.78 is 5.24. The van der Waals surface area contributed by atoms with Gasteiger partial charge in [-0.2, -0.15) is 0 Å². The summed E-state index contributed by atoms with van der Waals surface area (Å²) in [6.45, 7) is 3.74. The van der Waals surface area contributed by atoms with Gasteiger partial charge in [0.15, 0.2) is 5.78 Å². The Hall–Kier alpha value is -2.99. The van der Waals surface area contributed by atoms with Crippen LogP contribution >= 0.6 is 0 Å². The first kappa shape index (κ1) is 20.3. The van der Waals surface area contributed by atoms with Crippen LogP contribution in [0.1, 0.15) is 56.4 Å². The summed E-state index contributed by atoms with van der Waals surface area (Å²) in [4.78, 5) is 36.5. The van der Waals surface area contributed by atoms with Gasteiger partial charge in [0.05, 0.1) is 11.3 Å². The summed E-state index contributed by atoms with van der Waals surface area (Å²) in [5, 5.41) is 11.9. The Morgan fingerprint density at radius 3 is 2.44 bits per heavy atom. The van der Waals surface area contributed by atoms with Crippen LogP contribution in [0.2, 0.25) is 0 Å². The molecule has 0 aliphatic carbocycles. The zero-order valence-electron chi connectivity index (χ0n) is 15.6. The molecule has 2 aromatic carbocycles. The van der Waals surface area contributed by atoms with Gasteiger partial charge in [-0.1, -0.05) is 37.1 Å². The number of amides is 1. The maximum atomic E-state index is 12.6. The molecule has 1 amide bonds. The zero-order valence-corrected chi connectivity index (χ0v) is 15.6. The fourth-order valence-electron chi connectivity index (χ4n) is 2.76. The third-order valence-corrected chi connectivity index (χ3v) is 4.19. The molecular weight excluding hydrogens is 346 g/mol. The number of Topliss-reactive ketones (excluding diaryl/α,β-unsaturated/α-hetero) is 1. The van der Waals surface area contributed by atoms with Gasteiger partial charge in [-0.3, -0.25) is 9.59 Å². The second-order valence-corrected chi connectivity index (χ2v) is 6.27. The monoisotopic (exact) mass is 369 g/mol. The number of nitrogens with one attached hydrogen (secondary N) is 1. The molecule has 27 heavy (non-hydrogen) atoms. The lowest BCUT2D eigenvalue weighted by Gasteiger charge is -2.14. The minimum atomic E-state index is -1.12. The lowest BCUT2D eigenvalue weighted by molar-refractivity contribution is 0.0578. The second kappa shape index (κ2) is 9.09.